The first-order valence-corrected chi connectivity index (χ1v) is 6.49. The van der Waals surface area contributed by atoms with E-state index in [0.717, 1.165) is 11.6 Å². The lowest BCUT2D eigenvalue weighted by Crippen LogP contribution is -2.58. The van der Waals surface area contributed by atoms with Gasteiger partial charge in [0.2, 0.25) is 0 Å². The summed E-state index contributed by atoms with van der Waals surface area (Å²) in [5.41, 5.74) is 1.16. The third-order valence-electron chi connectivity index (χ3n) is 3.83. The molecule has 20 heavy (non-hydrogen) atoms. The van der Waals surface area contributed by atoms with Crippen molar-refractivity contribution in [1.82, 2.24) is 5.32 Å². The molecule has 0 amide bonds. The molecule has 1 aliphatic heterocycles. The van der Waals surface area contributed by atoms with Crippen LogP contribution in [0.2, 0.25) is 0 Å². The van der Waals surface area contributed by atoms with E-state index in [0.29, 0.717) is 25.1 Å². The molecule has 3 rings (SSSR count). The molecule has 1 fully saturated rings. The average molecular weight is 277 g/mol. The fourth-order valence-corrected chi connectivity index (χ4v) is 2.78. The van der Waals surface area contributed by atoms with Crippen LogP contribution in [0.1, 0.15) is 11.1 Å². The van der Waals surface area contributed by atoms with Crippen LogP contribution in [0.5, 0.6) is 0 Å². The van der Waals surface area contributed by atoms with Crippen LogP contribution in [0.3, 0.4) is 0 Å². The highest BCUT2D eigenvalue weighted by molar-refractivity contribution is 5.34. The molecule has 1 heterocycles. The number of benzene rings is 2. The summed E-state index contributed by atoms with van der Waals surface area (Å²) in [6.45, 7) is 1.35. The van der Waals surface area contributed by atoms with E-state index < -0.39 is 11.6 Å². The lowest BCUT2D eigenvalue weighted by Gasteiger charge is -2.43. The van der Waals surface area contributed by atoms with E-state index in [-0.39, 0.29) is 11.2 Å². The highest BCUT2D eigenvalue weighted by Crippen LogP contribution is 2.33. The predicted octanol–water partition coefficient (Wildman–Crippen LogP) is 3.19. The lowest BCUT2D eigenvalue weighted by molar-refractivity contribution is 0.273. The molecule has 0 atom stereocenters. The van der Waals surface area contributed by atoms with E-state index in [1.54, 1.807) is 6.07 Å². The van der Waals surface area contributed by atoms with E-state index in [1.165, 1.54) is 24.3 Å². The zero-order valence-electron chi connectivity index (χ0n) is 10.8. The van der Waals surface area contributed by atoms with Gasteiger partial charge >= 0.3 is 0 Å². The SMILES string of the molecule is Fc1cc(F)cc(CC2(c3cccc(F)c3)CNC2)c1. The van der Waals surface area contributed by atoms with Gasteiger partial charge in [0.25, 0.3) is 0 Å². The van der Waals surface area contributed by atoms with Crippen molar-refractivity contribution in [2.24, 2.45) is 0 Å². The highest BCUT2D eigenvalue weighted by atomic mass is 19.1. The lowest BCUT2D eigenvalue weighted by atomic mass is 9.71. The normalized spacial score (nSPS) is 16.8. The molecule has 104 valence electrons. The quantitative estimate of drug-likeness (QED) is 0.908. The fourth-order valence-electron chi connectivity index (χ4n) is 2.78. The van der Waals surface area contributed by atoms with Gasteiger partial charge in [0.15, 0.2) is 0 Å². The Balaban J connectivity index is 1.93. The molecule has 2 aromatic rings. The zero-order valence-corrected chi connectivity index (χ0v) is 10.8. The minimum absolute atomic E-state index is 0.289. The van der Waals surface area contributed by atoms with Crippen LogP contribution in [0.4, 0.5) is 13.2 Å². The molecule has 0 aromatic heterocycles. The maximum Gasteiger partial charge on any atom is 0.126 e. The van der Waals surface area contributed by atoms with Crippen LogP contribution in [-0.2, 0) is 11.8 Å². The smallest absolute Gasteiger partial charge is 0.126 e. The van der Waals surface area contributed by atoms with Gasteiger partial charge in [0.05, 0.1) is 0 Å². The van der Waals surface area contributed by atoms with E-state index in [1.807, 2.05) is 6.07 Å². The molecule has 1 aliphatic rings. The Kier molecular flexibility index (Phi) is 3.26. The molecule has 0 radical (unpaired) electrons. The van der Waals surface area contributed by atoms with Gasteiger partial charge in [-0.3, -0.25) is 0 Å². The van der Waals surface area contributed by atoms with Crippen molar-refractivity contribution < 1.29 is 13.2 Å². The summed E-state index contributed by atoms with van der Waals surface area (Å²) >= 11 is 0. The van der Waals surface area contributed by atoms with Crippen LogP contribution in [-0.4, -0.2) is 13.1 Å². The summed E-state index contributed by atoms with van der Waals surface area (Å²) in [6.07, 6.45) is 0.484. The Morgan fingerprint density at radius 1 is 0.900 bits per heavy atom. The molecular weight excluding hydrogens is 263 g/mol. The number of rotatable bonds is 3. The van der Waals surface area contributed by atoms with E-state index in [2.05, 4.69) is 5.32 Å². The number of nitrogens with one attached hydrogen (secondary N) is 1. The topological polar surface area (TPSA) is 12.0 Å². The molecular formula is C16H14F3N. The van der Waals surface area contributed by atoms with Gasteiger partial charge in [0.1, 0.15) is 17.5 Å². The maximum absolute atomic E-state index is 13.4. The summed E-state index contributed by atoms with van der Waals surface area (Å²) in [5.74, 6) is -1.46. The van der Waals surface area contributed by atoms with Crippen molar-refractivity contribution >= 4 is 0 Å². The summed E-state index contributed by atoms with van der Waals surface area (Å²) in [4.78, 5) is 0. The molecule has 0 bridgehead atoms. The van der Waals surface area contributed by atoms with Gasteiger partial charge in [-0.2, -0.15) is 0 Å². The molecule has 0 unspecified atom stereocenters. The monoisotopic (exact) mass is 277 g/mol. The number of hydrogen-bond donors (Lipinski definition) is 1. The first-order chi connectivity index (χ1) is 9.57. The Bertz CT molecular complexity index is 615. The minimum atomic E-state index is -0.582. The average Bonchev–Trinajstić information content (AvgIpc) is 2.32. The van der Waals surface area contributed by atoms with Crippen LogP contribution in [0, 0.1) is 17.5 Å². The summed E-state index contributed by atoms with van der Waals surface area (Å²) < 4.78 is 39.9. The third-order valence-corrected chi connectivity index (χ3v) is 3.83. The van der Waals surface area contributed by atoms with Crippen LogP contribution >= 0.6 is 0 Å². The van der Waals surface area contributed by atoms with Crippen molar-refractivity contribution in [3.8, 4) is 0 Å². The largest absolute Gasteiger partial charge is 0.315 e. The van der Waals surface area contributed by atoms with Gasteiger partial charge in [-0.05, 0) is 41.8 Å². The maximum atomic E-state index is 13.4. The molecule has 1 N–H and O–H groups in total. The van der Waals surface area contributed by atoms with Crippen molar-refractivity contribution in [1.29, 1.82) is 0 Å². The van der Waals surface area contributed by atoms with Gasteiger partial charge in [-0.25, -0.2) is 13.2 Å². The molecule has 1 saturated heterocycles. The van der Waals surface area contributed by atoms with E-state index >= 15 is 0 Å². The molecule has 1 nitrogen and oxygen atoms in total. The van der Waals surface area contributed by atoms with Crippen LogP contribution < -0.4 is 5.32 Å². The third kappa shape index (κ3) is 2.43. The van der Waals surface area contributed by atoms with Gasteiger partial charge < -0.3 is 5.32 Å². The summed E-state index contributed by atoms with van der Waals surface area (Å²) in [6, 6.07) is 9.94. The first-order valence-electron chi connectivity index (χ1n) is 6.49. The van der Waals surface area contributed by atoms with Crippen molar-refractivity contribution in [2.45, 2.75) is 11.8 Å². The van der Waals surface area contributed by atoms with E-state index in [4.69, 9.17) is 0 Å². The number of hydrogen-bond acceptors (Lipinski definition) is 1. The second-order valence-corrected chi connectivity index (χ2v) is 5.35. The Hall–Kier alpha value is -1.81. The number of halogens is 3. The zero-order chi connectivity index (χ0) is 14.2. The van der Waals surface area contributed by atoms with Crippen molar-refractivity contribution in [3.05, 3.63) is 71.0 Å². The second-order valence-electron chi connectivity index (χ2n) is 5.35. The Morgan fingerprint density at radius 3 is 2.15 bits per heavy atom. The molecule has 2 aromatic carbocycles. The first kappa shape index (κ1) is 13.2. The molecule has 4 heteroatoms. The van der Waals surface area contributed by atoms with Crippen molar-refractivity contribution in [3.63, 3.8) is 0 Å². The van der Waals surface area contributed by atoms with Crippen LogP contribution in [0.25, 0.3) is 0 Å². The predicted molar refractivity (Wildman–Crippen MR) is 71.0 cm³/mol. The summed E-state index contributed by atoms with van der Waals surface area (Å²) in [7, 11) is 0. The molecule has 0 spiro atoms. The molecule has 0 aliphatic carbocycles. The Labute approximate surface area is 115 Å². The fraction of sp³-hybridized carbons (Fsp3) is 0.250. The van der Waals surface area contributed by atoms with Gasteiger partial charge in [-0.15, -0.1) is 0 Å². The second kappa shape index (κ2) is 4.94. The van der Waals surface area contributed by atoms with Gasteiger partial charge in [0, 0.05) is 24.6 Å². The Morgan fingerprint density at radius 2 is 1.60 bits per heavy atom. The highest BCUT2D eigenvalue weighted by Gasteiger charge is 2.39. The van der Waals surface area contributed by atoms with Crippen LogP contribution in [0.15, 0.2) is 42.5 Å². The van der Waals surface area contributed by atoms with Gasteiger partial charge in [-0.1, -0.05) is 12.1 Å². The minimum Gasteiger partial charge on any atom is -0.315 e. The van der Waals surface area contributed by atoms with Crippen molar-refractivity contribution in [2.75, 3.05) is 13.1 Å². The standard InChI is InChI=1S/C16H14F3N/c17-13-3-1-2-12(6-13)16(9-20-10-16)8-11-4-14(18)7-15(19)5-11/h1-7,20H,8-10H2. The van der Waals surface area contributed by atoms with E-state index in [9.17, 15) is 13.2 Å². The molecule has 0 saturated carbocycles. The summed E-state index contributed by atoms with van der Waals surface area (Å²) in [5, 5.41) is 3.16.